The van der Waals surface area contributed by atoms with Crippen molar-refractivity contribution in [3.05, 3.63) is 35.9 Å². The van der Waals surface area contributed by atoms with E-state index < -0.39 is 6.04 Å². The van der Waals surface area contributed by atoms with Gasteiger partial charge < -0.3 is 11.1 Å². The van der Waals surface area contributed by atoms with E-state index in [1.54, 1.807) is 4.68 Å². The van der Waals surface area contributed by atoms with Gasteiger partial charge in [-0.05, 0) is 24.8 Å². The highest BCUT2D eigenvalue weighted by Crippen LogP contribution is 2.24. The highest BCUT2D eigenvalue weighted by atomic mass is 35.5. The van der Waals surface area contributed by atoms with E-state index in [4.69, 9.17) is 5.73 Å². The Morgan fingerprint density at radius 2 is 2.00 bits per heavy atom. The van der Waals surface area contributed by atoms with Crippen LogP contribution in [0.1, 0.15) is 25.8 Å². The second-order valence-corrected chi connectivity index (χ2v) is 6.08. The van der Waals surface area contributed by atoms with E-state index in [1.807, 2.05) is 58.2 Å². The number of anilines is 1. The third-order valence-electron chi connectivity index (χ3n) is 3.61. The number of rotatable bonds is 5. The highest BCUT2D eigenvalue weighted by molar-refractivity contribution is 5.94. The minimum Gasteiger partial charge on any atom is -0.320 e. The maximum absolute atomic E-state index is 12.1. The van der Waals surface area contributed by atoms with E-state index in [0.717, 1.165) is 16.8 Å². The summed E-state index contributed by atoms with van der Waals surface area (Å²) in [6.45, 7) is 6.14. The van der Waals surface area contributed by atoms with Crippen LogP contribution < -0.4 is 11.1 Å². The van der Waals surface area contributed by atoms with Crippen LogP contribution in [0.4, 0.5) is 5.82 Å². The molecule has 1 aromatic heterocycles. The van der Waals surface area contributed by atoms with E-state index in [9.17, 15) is 4.79 Å². The molecule has 0 unspecified atom stereocenters. The van der Waals surface area contributed by atoms with E-state index in [0.29, 0.717) is 18.2 Å². The molecular weight excluding hydrogens is 312 g/mol. The number of hydrogen-bond acceptors (Lipinski definition) is 3. The molecule has 0 aliphatic carbocycles. The van der Waals surface area contributed by atoms with Gasteiger partial charge in [-0.25, -0.2) is 0 Å². The third kappa shape index (κ3) is 4.81. The van der Waals surface area contributed by atoms with Gasteiger partial charge in [0.15, 0.2) is 0 Å². The molecule has 5 nitrogen and oxygen atoms in total. The summed E-state index contributed by atoms with van der Waals surface area (Å²) in [6.07, 6.45) is 0.661. The van der Waals surface area contributed by atoms with Crippen molar-refractivity contribution in [2.24, 2.45) is 18.7 Å². The quantitative estimate of drug-likeness (QED) is 0.881. The number of aryl methyl sites for hydroxylation is 2. The molecule has 2 aromatic rings. The fourth-order valence-electron chi connectivity index (χ4n) is 2.41. The molecule has 1 aromatic carbocycles. The summed E-state index contributed by atoms with van der Waals surface area (Å²) in [7, 11) is 1.81. The molecule has 1 atom stereocenters. The number of hydrogen-bond donors (Lipinski definition) is 2. The number of amides is 1. The Morgan fingerprint density at radius 1 is 1.35 bits per heavy atom. The van der Waals surface area contributed by atoms with Crippen molar-refractivity contribution in [2.75, 3.05) is 5.32 Å². The molecule has 0 bridgehead atoms. The highest BCUT2D eigenvalue weighted by Gasteiger charge is 2.17. The first-order chi connectivity index (χ1) is 10.4. The summed E-state index contributed by atoms with van der Waals surface area (Å²) in [5.41, 5.74) is 8.97. The smallest absolute Gasteiger partial charge is 0.242 e. The average Bonchev–Trinajstić information content (AvgIpc) is 2.79. The number of nitrogens with two attached hydrogens (primary N) is 1. The van der Waals surface area contributed by atoms with Crippen molar-refractivity contribution in [2.45, 2.75) is 33.2 Å². The lowest BCUT2D eigenvalue weighted by Gasteiger charge is -2.13. The predicted octanol–water partition coefficient (Wildman–Crippen LogP) is 3.13. The van der Waals surface area contributed by atoms with Gasteiger partial charge in [-0.2, -0.15) is 5.10 Å². The second-order valence-electron chi connectivity index (χ2n) is 6.08. The van der Waals surface area contributed by atoms with Gasteiger partial charge in [0.1, 0.15) is 5.82 Å². The lowest BCUT2D eigenvalue weighted by atomic mass is 10.0. The number of carbonyl (C=O) groups excluding carboxylic acids is 1. The van der Waals surface area contributed by atoms with Crippen molar-refractivity contribution in [1.82, 2.24) is 9.78 Å². The fourth-order valence-corrected chi connectivity index (χ4v) is 2.41. The van der Waals surface area contributed by atoms with Gasteiger partial charge in [0.25, 0.3) is 0 Å². The molecule has 2 rings (SSSR count). The standard InChI is InChI=1S/C17H24N4O.ClH/c1-11(2)9-14(18)17(22)19-16-10-15(20-21(16)4)13-8-6-5-7-12(13)3;/h5-8,10-11,14H,9,18H2,1-4H3,(H,19,22);1H/t14-;/m0./s1. The Labute approximate surface area is 143 Å². The number of aromatic nitrogens is 2. The van der Waals surface area contributed by atoms with Crippen LogP contribution in [-0.4, -0.2) is 21.7 Å². The zero-order chi connectivity index (χ0) is 16.3. The van der Waals surface area contributed by atoms with Gasteiger partial charge in [-0.15, -0.1) is 12.4 Å². The van der Waals surface area contributed by atoms with Crippen LogP contribution in [0.3, 0.4) is 0 Å². The number of carbonyl (C=O) groups is 1. The van der Waals surface area contributed by atoms with Crippen LogP contribution in [0, 0.1) is 12.8 Å². The molecule has 1 amide bonds. The first kappa shape index (κ1) is 19.2. The molecule has 0 aliphatic rings. The van der Waals surface area contributed by atoms with Crippen LogP contribution >= 0.6 is 12.4 Å². The number of benzene rings is 1. The van der Waals surface area contributed by atoms with Gasteiger partial charge in [0.05, 0.1) is 11.7 Å². The van der Waals surface area contributed by atoms with Crippen LogP contribution in [-0.2, 0) is 11.8 Å². The summed E-state index contributed by atoms with van der Waals surface area (Å²) < 4.78 is 1.67. The molecule has 0 saturated carbocycles. The minimum absolute atomic E-state index is 0. The minimum atomic E-state index is -0.503. The van der Waals surface area contributed by atoms with Crippen LogP contribution in [0.2, 0.25) is 0 Å². The lowest BCUT2D eigenvalue weighted by molar-refractivity contribution is -0.117. The zero-order valence-electron chi connectivity index (χ0n) is 14.0. The molecule has 0 radical (unpaired) electrons. The summed E-state index contributed by atoms with van der Waals surface area (Å²) >= 11 is 0. The van der Waals surface area contributed by atoms with E-state index in [2.05, 4.69) is 10.4 Å². The van der Waals surface area contributed by atoms with Crippen molar-refractivity contribution in [1.29, 1.82) is 0 Å². The van der Waals surface area contributed by atoms with E-state index >= 15 is 0 Å². The molecule has 126 valence electrons. The maximum Gasteiger partial charge on any atom is 0.242 e. The van der Waals surface area contributed by atoms with Gasteiger partial charge in [0.2, 0.25) is 5.91 Å². The molecule has 1 heterocycles. The number of halogens is 1. The molecule has 0 spiro atoms. The number of nitrogens with zero attached hydrogens (tertiary/aromatic N) is 2. The molecular formula is C17H25ClN4O. The first-order valence-electron chi connectivity index (χ1n) is 7.55. The van der Waals surface area contributed by atoms with Crippen molar-refractivity contribution in [3.8, 4) is 11.3 Å². The molecule has 6 heteroatoms. The third-order valence-corrected chi connectivity index (χ3v) is 3.61. The monoisotopic (exact) mass is 336 g/mol. The van der Waals surface area contributed by atoms with Gasteiger partial charge >= 0.3 is 0 Å². The largest absolute Gasteiger partial charge is 0.320 e. The van der Waals surface area contributed by atoms with E-state index in [-0.39, 0.29) is 18.3 Å². The Kier molecular flexibility index (Phi) is 6.79. The first-order valence-corrected chi connectivity index (χ1v) is 7.55. The summed E-state index contributed by atoms with van der Waals surface area (Å²) in [5, 5.41) is 7.34. The van der Waals surface area contributed by atoms with E-state index in [1.165, 1.54) is 0 Å². The normalized spacial score (nSPS) is 11.9. The SMILES string of the molecule is Cc1ccccc1-c1cc(NC(=O)[C@@H](N)CC(C)C)n(C)n1.Cl. The van der Waals surface area contributed by atoms with Crippen LogP contribution in [0.15, 0.2) is 30.3 Å². The predicted molar refractivity (Wildman–Crippen MR) is 96.7 cm³/mol. The topological polar surface area (TPSA) is 72.9 Å². The van der Waals surface area contributed by atoms with Gasteiger partial charge in [-0.3, -0.25) is 9.48 Å². The Bertz CT molecular complexity index is 666. The molecule has 0 saturated heterocycles. The Hall–Kier alpha value is -1.85. The average molecular weight is 337 g/mol. The summed E-state index contributed by atoms with van der Waals surface area (Å²) in [6, 6.07) is 9.41. The lowest BCUT2D eigenvalue weighted by Crippen LogP contribution is -2.37. The Morgan fingerprint density at radius 3 is 2.61 bits per heavy atom. The molecule has 3 N–H and O–H groups in total. The maximum atomic E-state index is 12.1. The number of nitrogens with one attached hydrogen (secondary N) is 1. The fraction of sp³-hybridized carbons (Fsp3) is 0.412. The summed E-state index contributed by atoms with van der Waals surface area (Å²) in [5.74, 6) is 0.866. The summed E-state index contributed by atoms with van der Waals surface area (Å²) in [4.78, 5) is 12.1. The zero-order valence-corrected chi connectivity index (χ0v) is 14.9. The molecule has 0 aliphatic heterocycles. The van der Waals surface area contributed by atoms with Crippen molar-refractivity contribution >= 4 is 24.1 Å². The second kappa shape index (κ2) is 8.13. The molecule has 23 heavy (non-hydrogen) atoms. The van der Waals surface area contributed by atoms with Crippen molar-refractivity contribution < 1.29 is 4.79 Å². The Balaban J connectivity index is 0.00000264. The van der Waals surface area contributed by atoms with Crippen molar-refractivity contribution in [3.63, 3.8) is 0 Å². The van der Waals surface area contributed by atoms with Gasteiger partial charge in [0, 0.05) is 18.7 Å². The van der Waals surface area contributed by atoms with Crippen LogP contribution in [0.25, 0.3) is 11.3 Å². The van der Waals surface area contributed by atoms with Gasteiger partial charge in [-0.1, -0.05) is 38.1 Å². The molecule has 0 fully saturated rings. The van der Waals surface area contributed by atoms with Crippen LogP contribution in [0.5, 0.6) is 0 Å².